The highest BCUT2D eigenvalue weighted by atomic mass is 16.5. The number of benzene rings is 2. The average molecular weight is 467 g/mol. The highest BCUT2D eigenvalue weighted by Crippen LogP contribution is 2.59. The van der Waals surface area contributed by atoms with Crippen molar-refractivity contribution in [3.8, 4) is 17.2 Å². The molecule has 2 aliphatic rings. The van der Waals surface area contributed by atoms with E-state index >= 15 is 0 Å². The number of carbonyl (C=O) groups is 2. The summed E-state index contributed by atoms with van der Waals surface area (Å²) in [5.41, 5.74) is 2.12. The fraction of sp³-hybridized carbons (Fsp3) is 0.481. The number of rotatable bonds is 9. The summed E-state index contributed by atoms with van der Waals surface area (Å²) >= 11 is 0. The van der Waals surface area contributed by atoms with E-state index in [-0.39, 0.29) is 29.6 Å². The molecular weight excluding hydrogens is 432 g/mol. The standard InChI is InChI=1S/C27H34N2O5/c1-32-22-15-20(16-23(33-2)25(22)34-3)17-24(30)29-13-10-27(11-14-29)18-21(27)26(31)28-12-9-19-7-5-4-6-8-19/h4-8,15-16,21H,9-14,17-18H2,1-3H3,(H,28,31). The fourth-order valence-electron chi connectivity index (χ4n) is 5.09. The van der Waals surface area contributed by atoms with Crippen molar-refractivity contribution >= 4 is 11.8 Å². The summed E-state index contributed by atoms with van der Waals surface area (Å²) in [6.07, 6.45) is 3.80. The van der Waals surface area contributed by atoms with Crippen molar-refractivity contribution in [1.82, 2.24) is 10.2 Å². The molecule has 1 saturated heterocycles. The quantitative estimate of drug-likeness (QED) is 0.614. The van der Waals surface area contributed by atoms with Gasteiger partial charge < -0.3 is 24.4 Å². The number of piperidine rings is 1. The second kappa shape index (κ2) is 10.4. The normalized spacial score (nSPS) is 18.3. The number of likely N-dealkylation sites (tertiary alicyclic amines) is 1. The molecule has 0 aromatic heterocycles. The second-order valence-corrected chi connectivity index (χ2v) is 9.24. The van der Waals surface area contributed by atoms with Crippen LogP contribution in [0.2, 0.25) is 0 Å². The Morgan fingerprint density at radius 3 is 2.21 bits per heavy atom. The van der Waals surface area contributed by atoms with Crippen LogP contribution in [0.15, 0.2) is 42.5 Å². The number of hydrogen-bond acceptors (Lipinski definition) is 5. The number of carbonyl (C=O) groups excluding carboxylic acids is 2. The van der Waals surface area contributed by atoms with Crippen molar-refractivity contribution in [2.45, 2.75) is 32.1 Å². The van der Waals surface area contributed by atoms with E-state index in [1.807, 2.05) is 35.2 Å². The Labute approximate surface area is 201 Å². The molecule has 2 amide bonds. The van der Waals surface area contributed by atoms with Gasteiger partial charge in [0, 0.05) is 25.6 Å². The van der Waals surface area contributed by atoms with E-state index in [1.165, 1.54) is 5.56 Å². The molecule has 1 atom stereocenters. The van der Waals surface area contributed by atoms with Gasteiger partial charge in [-0.15, -0.1) is 0 Å². The number of nitrogens with one attached hydrogen (secondary N) is 1. The maximum absolute atomic E-state index is 13.0. The first-order chi connectivity index (χ1) is 16.5. The Morgan fingerprint density at radius 2 is 1.62 bits per heavy atom. The molecule has 1 saturated carbocycles. The van der Waals surface area contributed by atoms with E-state index in [1.54, 1.807) is 21.3 Å². The average Bonchev–Trinajstić information content (AvgIpc) is 3.57. The van der Waals surface area contributed by atoms with Crippen LogP contribution >= 0.6 is 0 Å². The summed E-state index contributed by atoms with van der Waals surface area (Å²) in [6, 6.07) is 13.8. The number of methoxy groups -OCH3 is 3. The van der Waals surface area contributed by atoms with Gasteiger partial charge in [-0.2, -0.15) is 0 Å². The lowest BCUT2D eigenvalue weighted by atomic mass is 9.90. The van der Waals surface area contributed by atoms with E-state index in [0.29, 0.717) is 36.9 Å². The molecule has 1 aliphatic heterocycles. The van der Waals surface area contributed by atoms with Crippen LogP contribution in [-0.4, -0.2) is 57.7 Å². The molecule has 1 N–H and O–H groups in total. The highest BCUT2D eigenvalue weighted by Gasteiger charge is 2.58. The molecule has 1 unspecified atom stereocenters. The van der Waals surface area contributed by atoms with E-state index in [4.69, 9.17) is 14.2 Å². The van der Waals surface area contributed by atoms with Crippen molar-refractivity contribution in [2.75, 3.05) is 41.0 Å². The molecule has 1 heterocycles. The summed E-state index contributed by atoms with van der Waals surface area (Å²) in [7, 11) is 4.69. The molecular formula is C27H34N2O5. The zero-order valence-electron chi connectivity index (χ0n) is 20.3. The third-order valence-corrected chi connectivity index (χ3v) is 7.25. The molecule has 34 heavy (non-hydrogen) atoms. The van der Waals surface area contributed by atoms with Crippen LogP contribution in [-0.2, 0) is 22.4 Å². The van der Waals surface area contributed by atoms with E-state index in [9.17, 15) is 9.59 Å². The number of ether oxygens (including phenoxy) is 3. The predicted octanol–water partition coefficient (Wildman–Crippen LogP) is 3.24. The van der Waals surface area contributed by atoms with Gasteiger partial charge in [-0.1, -0.05) is 30.3 Å². The summed E-state index contributed by atoms with van der Waals surface area (Å²) in [4.78, 5) is 27.6. The third kappa shape index (κ3) is 5.13. The van der Waals surface area contributed by atoms with Crippen molar-refractivity contribution < 1.29 is 23.8 Å². The highest BCUT2D eigenvalue weighted by molar-refractivity contribution is 5.83. The summed E-state index contributed by atoms with van der Waals surface area (Å²) in [6.45, 7) is 2.04. The molecule has 1 spiro atoms. The van der Waals surface area contributed by atoms with Gasteiger partial charge in [-0.05, 0) is 54.4 Å². The van der Waals surface area contributed by atoms with Crippen LogP contribution in [0.25, 0.3) is 0 Å². The largest absolute Gasteiger partial charge is 0.493 e. The lowest BCUT2D eigenvalue weighted by Gasteiger charge is -2.33. The van der Waals surface area contributed by atoms with Crippen molar-refractivity contribution in [2.24, 2.45) is 11.3 Å². The Morgan fingerprint density at radius 1 is 0.971 bits per heavy atom. The van der Waals surface area contributed by atoms with Crippen LogP contribution in [0.3, 0.4) is 0 Å². The van der Waals surface area contributed by atoms with Crippen LogP contribution < -0.4 is 19.5 Å². The second-order valence-electron chi connectivity index (χ2n) is 9.24. The summed E-state index contributed by atoms with van der Waals surface area (Å²) in [5, 5.41) is 3.11. The summed E-state index contributed by atoms with van der Waals surface area (Å²) in [5.74, 6) is 1.92. The fourth-order valence-corrected chi connectivity index (χ4v) is 5.09. The molecule has 1 aliphatic carbocycles. The minimum atomic E-state index is 0.0696. The Bertz CT molecular complexity index is 990. The van der Waals surface area contributed by atoms with Crippen molar-refractivity contribution in [3.63, 3.8) is 0 Å². The maximum Gasteiger partial charge on any atom is 0.226 e. The monoisotopic (exact) mass is 466 g/mol. The SMILES string of the molecule is COc1cc(CC(=O)N2CCC3(CC2)CC3C(=O)NCCc2ccccc2)cc(OC)c1OC. The van der Waals surface area contributed by atoms with Gasteiger partial charge in [0.05, 0.1) is 27.8 Å². The predicted molar refractivity (Wildman–Crippen MR) is 129 cm³/mol. The molecule has 2 fully saturated rings. The first-order valence-corrected chi connectivity index (χ1v) is 11.9. The van der Waals surface area contributed by atoms with Gasteiger partial charge in [-0.3, -0.25) is 9.59 Å². The molecule has 2 aromatic rings. The van der Waals surface area contributed by atoms with Crippen molar-refractivity contribution in [1.29, 1.82) is 0 Å². The number of nitrogens with zero attached hydrogens (tertiary/aromatic N) is 1. The first kappa shape index (κ1) is 23.9. The topological polar surface area (TPSA) is 77.1 Å². The zero-order valence-corrected chi connectivity index (χ0v) is 20.3. The van der Waals surface area contributed by atoms with Gasteiger partial charge in [0.1, 0.15) is 0 Å². The molecule has 4 rings (SSSR count). The first-order valence-electron chi connectivity index (χ1n) is 11.9. The maximum atomic E-state index is 13.0. The van der Waals surface area contributed by atoms with Gasteiger partial charge >= 0.3 is 0 Å². The van der Waals surface area contributed by atoms with Crippen LogP contribution in [0, 0.1) is 11.3 Å². The number of amides is 2. The van der Waals surface area contributed by atoms with Gasteiger partial charge in [-0.25, -0.2) is 0 Å². The Kier molecular flexibility index (Phi) is 7.29. The Balaban J connectivity index is 1.26. The van der Waals surface area contributed by atoms with Crippen LogP contribution in [0.4, 0.5) is 0 Å². The molecule has 7 nitrogen and oxygen atoms in total. The minimum absolute atomic E-state index is 0.0696. The summed E-state index contributed by atoms with van der Waals surface area (Å²) < 4.78 is 16.2. The molecule has 0 radical (unpaired) electrons. The van der Waals surface area contributed by atoms with Crippen LogP contribution in [0.1, 0.15) is 30.4 Å². The van der Waals surface area contributed by atoms with E-state index in [2.05, 4.69) is 17.4 Å². The van der Waals surface area contributed by atoms with Crippen molar-refractivity contribution in [3.05, 3.63) is 53.6 Å². The third-order valence-electron chi connectivity index (χ3n) is 7.25. The van der Waals surface area contributed by atoms with Gasteiger partial charge in [0.15, 0.2) is 11.5 Å². The van der Waals surface area contributed by atoms with Crippen LogP contribution in [0.5, 0.6) is 17.2 Å². The molecule has 2 aromatic carbocycles. The lowest BCUT2D eigenvalue weighted by Crippen LogP contribution is -2.41. The van der Waals surface area contributed by atoms with Gasteiger partial charge in [0.2, 0.25) is 17.6 Å². The molecule has 7 heteroatoms. The molecule has 0 bridgehead atoms. The Hall–Kier alpha value is -3.22. The lowest BCUT2D eigenvalue weighted by molar-refractivity contribution is -0.132. The minimum Gasteiger partial charge on any atom is -0.493 e. The number of hydrogen-bond donors (Lipinski definition) is 1. The smallest absolute Gasteiger partial charge is 0.226 e. The molecule has 182 valence electrons. The zero-order chi connectivity index (χ0) is 24.1. The van der Waals surface area contributed by atoms with E-state index in [0.717, 1.165) is 31.2 Å². The van der Waals surface area contributed by atoms with E-state index < -0.39 is 0 Å². The van der Waals surface area contributed by atoms with Gasteiger partial charge in [0.25, 0.3) is 0 Å².